The maximum absolute atomic E-state index is 13.3. The fraction of sp³-hybridized carbons (Fsp3) is 0.560. The van der Waals surface area contributed by atoms with Crippen molar-refractivity contribution >= 4 is 29.4 Å². The van der Waals surface area contributed by atoms with E-state index in [1.807, 2.05) is 39.1 Å². The lowest BCUT2D eigenvalue weighted by Gasteiger charge is -2.25. The van der Waals surface area contributed by atoms with Gasteiger partial charge in [0.15, 0.2) is 11.5 Å². The minimum atomic E-state index is -0.265. The zero-order valence-corrected chi connectivity index (χ0v) is 22.2. The van der Waals surface area contributed by atoms with Gasteiger partial charge in [0.25, 0.3) is 0 Å². The van der Waals surface area contributed by atoms with Gasteiger partial charge in [-0.2, -0.15) is 5.10 Å². The number of methoxy groups -OCH3 is 2. The summed E-state index contributed by atoms with van der Waals surface area (Å²) in [6.07, 6.45) is 0.821. The zero-order valence-electron chi connectivity index (χ0n) is 21.4. The second kappa shape index (κ2) is 10.3. The van der Waals surface area contributed by atoms with Crippen LogP contribution in [-0.2, 0) is 22.1 Å². The van der Waals surface area contributed by atoms with Gasteiger partial charge in [-0.25, -0.2) is 0 Å². The number of hydrogen-bond donors (Lipinski definition) is 1. The zero-order chi connectivity index (χ0) is 25.2. The summed E-state index contributed by atoms with van der Waals surface area (Å²) in [5.74, 6) is 1.89. The van der Waals surface area contributed by atoms with Crippen LogP contribution in [-0.4, -0.2) is 54.2 Å². The molecule has 0 fully saturated rings. The largest absolute Gasteiger partial charge is 0.493 e. The van der Waals surface area contributed by atoms with Crippen molar-refractivity contribution < 1.29 is 19.1 Å². The first-order chi connectivity index (χ1) is 16.0. The van der Waals surface area contributed by atoms with Crippen LogP contribution in [0.1, 0.15) is 63.1 Å². The first-order valence-corrected chi connectivity index (χ1v) is 12.6. The summed E-state index contributed by atoms with van der Waals surface area (Å²) in [4.78, 5) is 27.7. The lowest BCUT2D eigenvalue weighted by atomic mass is 9.87. The Morgan fingerprint density at radius 3 is 2.53 bits per heavy atom. The summed E-state index contributed by atoms with van der Waals surface area (Å²) in [6.45, 7) is 10.3. The van der Waals surface area contributed by atoms with Gasteiger partial charge in [0, 0.05) is 24.1 Å². The molecule has 1 aromatic carbocycles. The fourth-order valence-electron chi connectivity index (χ4n) is 4.09. The van der Waals surface area contributed by atoms with Gasteiger partial charge in [-0.15, -0.1) is 11.8 Å². The monoisotopic (exact) mass is 488 g/mol. The Morgan fingerprint density at radius 2 is 1.94 bits per heavy atom. The Hall–Kier alpha value is -2.68. The van der Waals surface area contributed by atoms with Crippen LogP contribution >= 0.6 is 11.8 Å². The average molecular weight is 489 g/mol. The van der Waals surface area contributed by atoms with E-state index in [4.69, 9.17) is 14.6 Å². The highest BCUT2D eigenvalue weighted by Crippen LogP contribution is 2.48. The number of rotatable bonds is 7. The van der Waals surface area contributed by atoms with Gasteiger partial charge in [-0.05, 0) is 31.0 Å². The third-order valence-corrected chi connectivity index (χ3v) is 7.24. The van der Waals surface area contributed by atoms with Crippen LogP contribution in [0.3, 0.4) is 0 Å². The summed E-state index contributed by atoms with van der Waals surface area (Å²) in [5, 5.41) is 7.66. The van der Waals surface area contributed by atoms with Crippen molar-refractivity contribution in [2.24, 2.45) is 7.05 Å². The molecule has 0 spiro atoms. The van der Waals surface area contributed by atoms with Gasteiger partial charge in [0.05, 0.1) is 30.9 Å². The average Bonchev–Trinajstić information content (AvgIpc) is 3.06. The second-order valence-corrected chi connectivity index (χ2v) is 10.7. The number of nitrogens with one attached hydrogen (secondary N) is 1. The molecule has 0 saturated carbocycles. The molecule has 1 aliphatic heterocycles. The molecule has 2 amide bonds. The smallest absolute Gasteiger partial charge is 0.240 e. The molecule has 2 heterocycles. The molecule has 3 rings (SSSR count). The molecule has 8 nitrogen and oxygen atoms in total. The van der Waals surface area contributed by atoms with E-state index in [1.165, 1.54) is 0 Å². The number of nitrogens with zero attached hydrogens (tertiary/aromatic N) is 3. The number of anilines is 1. The molecule has 9 heteroatoms. The van der Waals surface area contributed by atoms with Gasteiger partial charge < -0.3 is 14.8 Å². The molecular weight excluding hydrogens is 452 g/mol. The van der Waals surface area contributed by atoms with Gasteiger partial charge in [0.1, 0.15) is 12.4 Å². The van der Waals surface area contributed by atoms with Crippen molar-refractivity contribution in [2.45, 2.75) is 57.7 Å². The number of carbonyl (C=O) groups excluding carboxylic acids is 2. The van der Waals surface area contributed by atoms with Gasteiger partial charge >= 0.3 is 0 Å². The first-order valence-electron chi connectivity index (χ1n) is 11.5. The molecule has 1 aliphatic rings. The molecule has 0 aliphatic carbocycles. The van der Waals surface area contributed by atoms with Crippen LogP contribution in [0.4, 0.5) is 5.82 Å². The van der Waals surface area contributed by atoms with E-state index in [-0.39, 0.29) is 40.8 Å². The number of amides is 2. The first kappa shape index (κ1) is 25.9. The normalized spacial score (nSPS) is 17.1. The molecule has 186 valence electrons. The maximum atomic E-state index is 13.3. The Kier molecular flexibility index (Phi) is 7.85. The molecule has 2 atom stereocenters. The summed E-state index contributed by atoms with van der Waals surface area (Å²) < 4.78 is 12.7. The predicted octanol–water partition coefficient (Wildman–Crippen LogP) is 3.82. The van der Waals surface area contributed by atoms with Crippen LogP contribution in [0.2, 0.25) is 0 Å². The summed E-state index contributed by atoms with van der Waals surface area (Å²) in [5.41, 5.74) is 2.58. The third kappa shape index (κ3) is 5.19. The van der Waals surface area contributed by atoms with Crippen molar-refractivity contribution in [3.8, 4) is 11.5 Å². The minimum Gasteiger partial charge on any atom is -0.493 e. The molecule has 34 heavy (non-hydrogen) atoms. The van der Waals surface area contributed by atoms with Crippen LogP contribution in [0, 0.1) is 0 Å². The molecule has 1 aromatic heterocycles. The lowest BCUT2D eigenvalue weighted by molar-refractivity contribution is -0.123. The number of ether oxygens (including phenoxy) is 2. The van der Waals surface area contributed by atoms with Gasteiger partial charge in [-0.3, -0.25) is 19.2 Å². The number of thioether (sulfide) groups is 1. The summed E-state index contributed by atoms with van der Waals surface area (Å²) >= 11 is 1.54. The van der Waals surface area contributed by atoms with E-state index in [0.717, 1.165) is 23.2 Å². The van der Waals surface area contributed by atoms with Crippen LogP contribution < -0.4 is 19.7 Å². The van der Waals surface area contributed by atoms with Gasteiger partial charge in [0.2, 0.25) is 11.8 Å². The van der Waals surface area contributed by atoms with E-state index in [2.05, 4.69) is 26.1 Å². The number of carbonyl (C=O) groups is 2. The van der Waals surface area contributed by atoms with E-state index >= 15 is 0 Å². The molecule has 0 radical (unpaired) electrons. The van der Waals surface area contributed by atoms with Crippen molar-refractivity contribution in [1.82, 2.24) is 15.1 Å². The van der Waals surface area contributed by atoms with Crippen molar-refractivity contribution in [2.75, 3.05) is 31.4 Å². The SMILES string of the molecule is CCC(C)NC(=O)CN1C(=O)CSC(c2ccc(OC)c(OC)c2)c2c(C(C)(C)C)nn(C)c21. The van der Waals surface area contributed by atoms with Gasteiger partial charge in [-0.1, -0.05) is 33.8 Å². The number of benzene rings is 1. The molecular formula is C25H36N4O4S. The number of fused-ring (bicyclic) bond motifs is 1. The third-order valence-electron chi connectivity index (χ3n) is 5.99. The van der Waals surface area contributed by atoms with Crippen molar-refractivity contribution in [3.05, 3.63) is 35.0 Å². The predicted molar refractivity (Wildman–Crippen MR) is 136 cm³/mol. The minimum absolute atomic E-state index is 0.0413. The van der Waals surface area contributed by atoms with E-state index < -0.39 is 0 Å². The van der Waals surface area contributed by atoms with Crippen LogP contribution in [0.15, 0.2) is 18.2 Å². The number of aryl methyl sites for hydroxylation is 1. The molecule has 0 saturated heterocycles. The Bertz CT molecular complexity index is 1060. The second-order valence-electron chi connectivity index (χ2n) is 9.62. The van der Waals surface area contributed by atoms with E-state index in [9.17, 15) is 9.59 Å². The molecule has 2 aromatic rings. The fourth-order valence-corrected chi connectivity index (χ4v) is 5.28. The van der Waals surface area contributed by atoms with Crippen LogP contribution in [0.25, 0.3) is 0 Å². The lowest BCUT2D eigenvalue weighted by Crippen LogP contribution is -2.44. The highest BCUT2D eigenvalue weighted by atomic mass is 32.2. The van der Waals surface area contributed by atoms with Crippen molar-refractivity contribution in [3.63, 3.8) is 0 Å². The van der Waals surface area contributed by atoms with E-state index in [0.29, 0.717) is 17.3 Å². The highest BCUT2D eigenvalue weighted by molar-refractivity contribution is 8.00. The van der Waals surface area contributed by atoms with Crippen molar-refractivity contribution in [1.29, 1.82) is 0 Å². The topological polar surface area (TPSA) is 85.7 Å². The molecule has 2 unspecified atom stereocenters. The maximum Gasteiger partial charge on any atom is 0.240 e. The molecule has 1 N–H and O–H groups in total. The number of aromatic nitrogens is 2. The molecule has 0 bridgehead atoms. The quantitative estimate of drug-likeness (QED) is 0.638. The summed E-state index contributed by atoms with van der Waals surface area (Å²) in [6, 6.07) is 5.87. The summed E-state index contributed by atoms with van der Waals surface area (Å²) in [7, 11) is 5.05. The Balaban J connectivity index is 2.16. The standard InChI is InChI=1S/C25H36N4O4S/c1-9-15(2)26-19(30)13-29-20(31)14-34-22(16-10-11-17(32-7)18(12-16)33-8)21-23(25(3,4)5)27-28(6)24(21)29/h10-12,15,22H,9,13-14H2,1-8H3,(H,26,30). The number of hydrogen-bond acceptors (Lipinski definition) is 6. The Morgan fingerprint density at radius 1 is 1.26 bits per heavy atom. The highest BCUT2D eigenvalue weighted by Gasteiger charge is 2.39. The van der Waals surface area contributed by atoms with Crippen LogP contribution in [0.5, 0.6) is 11.5 Å². The Labute approximate surface area is 206 Å². The van der Waals surface area contributed by atoms with E-state index in [1.54, 1.807) is 35.6 Å².